The van der Waals surface area contributed by atoms with Crippen molar-refractivity contribution in [3.63, 3.8) is 0 Å². The van der Waals surface area contributed by atoms with Crippen LogP contribution in [0.25, 0.3) is 0 Å². The van der Waals surface area contributed by atoms with Gasteiger partial charge in [-0.15, -0.1) is 0 Å². The van der Waals surface area contributed by atoms with Gasteiger partial charge in [0.15, 0.2) is 0 Å². The molecule has 5 heteroatoms. The first kappa shape index (κ1) is 12.9. The maximum atomic E-state index is 13.3. The molecule has 0 aromatic heterocycles. The highest BCUT2D eigenvalue weighted by Gasteiger charge is 2.33. The number of nitrogens with zero attached hydrogens (tertiary/aromatic N) is 1. The Bertz CT molecular complexity index is 399. The van der Waals surface area contributed by atoms with Crippen LogP contribution in [-0.4, -0.2) is 23.9 Å². The summed E-state index contributed by atoms with van der Waals surface area (Å²) in [6, 6.07) is 4.89. The molecule has 0 bridgehead atoms. The Kier molecular flexibility index (Phi) is 3.78. The zero-order valence-corrected chi connectivity index (χ0v) is 10.8. The van der Waals surface area contributed by atoms with Crippen LogP contribution in [0.3, 0.4) is 0 Å². The van der Waals surface area contributed by atoms with Crippen molar-refractivity contribution in [2.75, 3.05) is 13.1 Å². The van der Waals surface area contributed by atoms with Crippen LogP contribution in [0.15, 0.2) is 22.7 Å². The summed E-state index contributed by atoms with van der Waals surface area (Å²) in [5.41, 5.74) is 0.816. The van der Waals surface area contributed by atoms with E-state index in [2.05, 4.69) is 15.9 Å². The van der Waals surface area contributed by atoms with Crippen LogP contribution in [-0.2, 0) is 6.54 Å². The molecule has 2 rings (SSSR count). The quantitative estimate of drug-likeness (QED) is 0.803. The van der Waals surface area contributed by atoms with Crippen LogP contribution < -0.4 is 0 Å². The standard InChI is InChI=1S/C12H13BrF3N/c13-10-2-1-9(7-11(10)14)8-17-5-3-12(15,16)4-6-17/h1-2,7H,3-6,8H2. The third-order valence-corrected chi connectivity index (χ3v) is 3.62. The molecule has 1 aliphatic rings. The van der Waals surface area contributed by atoms with Crippen molar-refractivity contribution in [2.45, 2.75) is 25.3 Å². The van der Waals surface area contributed by atoms with Gasteiger partial charge >= 0.3 is 0 Å². The second-order valence-corrected chi connectivity index (χ2v) is 5.23. The number of rotatable bonds is 2. The molecule has 0 N–H and O–H groups in total. The van der Waals surface area contributed by atoms with E-state index in [-0.39, 0.29) is 18.7 Å². The average Bonchev–Trinajstić information content (AvgIpc) is 2.27. The van der Waals surface area contributed by atoms with E-state index in [0.717, 1.165) is 5.56 Å². The Morgan fingerprint density at radius 3 is 2.47 bits per heavy atom. The first-order valence-corrected chi connectivity index (χ1v) is 6.30. The molecular formula is C12H13BrF3N. The summed E-state index contributed by atoms with van der Waals surface area (Å²) in [6.07, 6.45) is -0.210. The van der Waals surface area contributed by atoms with Crippen LogP contribution in [0.5, 0.6) is 0 Å². The van der Waals surface area contributed by atoms with Crippen molar-refractivity contribution in [2.24, 2.45) is 0 Å². The van der Waals surface area contributed by atoms with Gasteiger partial charge in [0.2, 0.25) is 0 Å². The van der Waals surface area contributed by atoms with Crippen LogP contribution in [0, 0.1) is 5.82 Å². The van der Waals surface area contributed by atoms with Gasteiger partial charge in [-0.1, -0.05) is 6.07 Å². The average molecular weight is 308 g/mol. The molecule has 0 atom stereocenters. The normalized spacial score (nSPS) is 20.5. The Morgan fingerprint density at radius 1 is 1.24 bits per heavy atom. The predicted octanol–water partition coefficient (Wildman–Crippen LogP) is 3.82. The Morgan fingerprint density at radius 2 is 1.88 bits per heavy atom. The lowest BCUT2D eigenvalue weighted by atomic mass is 10.1. The smallest absolute Gasteiger partial charge is 0.250 e. The lowest BCUT2D eigenvalue weighted by molar-refractivity contribution is -0.0566. The molecule has 1 nitrogen and oxygen atoms in total. The molecule has 1 heterocycles. The summed E-state index contributed by atoms with van der Waals surface area (Å²) in [5, 5.41) is 0. The van der Waals surface area contributed by atoms with Crippen LogP contribution in [0.4, 0.5) is 13.2 Å². The van der Waals surface area contributed by atoms with Crippen molar-refractivity contribution in [3.8, 4) is 0 Å². The minimum Gasteiger partial charge on any atom is -0.299 e. The molecule has 0 saturated carbocycles. The minimum absolute atomic E-state index is 0.105. The van der Waals surface area contributed by atoms with Gasteiger partial charge in [0.25, 0.3) is 5.92 Å². The topological polar surface area (TPSA) is 3.24 Å². The van der Waals surface area contributed by atoms with E-state index in [0.29, 0.717) is 24.1 Å². The highest BCUT2D eigenvalue weighted by molar-refractivity contribution is 9.10. The molecule has 0 aliphatic carbocycles. The fourth-order valence-electron chi connectivity index (χ4n) is 1.93. The number of halogens is 4. The largest absolute Gasteiger partial charge is 0.299 e. The molecule has 0 spiro atoms. The predicted molar refractivity (Wildman–Crippen MR) is 63.6 cm³/mol. The molecule has 0 amide bonds. The monoisotopic (exact) mass is 307 g/mol. The molecule has 1 aromatic rings. The van der Waals surface area contributed by atoms with Gasteiger partial charge in [-0.2, -0.15) is 0 Å². The fourth-order valence-corrected chi connectivity index (χ4v) is 2.18. The molecule has 0 radical (unpaired) electrons. The summed E-state index contributed by atoms with van der Waals surface area (Å²) in [4.78, 5) is 1.93. The first-order valence-electron chi connectivity index (χ1n) is 5.50. The fraction of sp³-hybridized carbons (Fsp3) is 0.500. The summed E-state index contributed by atoms with van der Waals surface area (Å²) in [6.45, 7) is 1.26. The highest BCUT2D eigenvalue weighted by Crippen LogP contribution is 2.28. The Labute approximate surface area is 107 Å². The van der Waals surface area contributed by atoms with E-state index in [1.807, 2.05) is 4.90 Å². The van der Waals surface area contributed by atoms with Crippen LogP contribution >= 0.6 is 15.9 Å². The van der Waals surface area contributed by atoms with E-state index >= 15 is 0 Å². The van der Waals surface area contributed by atoms with Gasteiger partial charge in [0.1, 0.15) is 5.82 Å². The summed E-state index contributed by atoms with van der Waals surface area (Å²) < 4.78 is 39.6. The number of hydrogen-bond acceptors (Lipinski definition) is 1. The van der Waals surface area contributed by atoms with Crippen molar-refractivity contribution < 1.29 is 13.2 Å². The van der Waals surface area contributed by atoms with E-state index in [9.17, 15) is 13.2 Å². The SMILES string of the molecule is Fc1cc(CN2CCC(F)(F)CC2)ccc1Br. The number of hydrogen-bond donors (Lipinski definition) is 0. The van der Waals surface area contributed by atoms with Crippen LogP contribution in [0.1, 0.15) is 18.4 Å². The molecule has 1 saturated heterocycles. The summed E-state index contributed by atoms with van der Waals surface area (Å²) >= 11 is 3.08. The highest BCUT2D eigenvalue weighted by atomic mass is 79.9. The lowest BCUT2D eigenvalue weighted by Gasteiger charge is -2.31. The molecule has 1 aliphatic heterocycles. The minimum atomic E-state index is -2.53. The van der Waals surface area contributed by atoms with Gasteiger partial charge in [-0.3, -0.25) is 4.90 Å². The van der Waals surface area contributed by atoms with Gasteiger partial charge in [-0.05, 0) is 33.6 Å². The zero-order chi connectivity index (χ0) is 12.5. The third-order valence-electron chi connectivity index (χ3n) is 2.98. The molecule has 17 heavy (non-hydrogen) atoms. The van der Waals surface area contributed by atoms with Crippen LogP contribution in [0.2, 0.25) is 0 Å². The van der Waals surface area contributed by atoms with E-state index in [1.54, 1.807) is 12.1 Å². The van der Waals surface area contributed by atoms with E-state index < -0.39 is 5.92 Å². The van der Waals surface area contributed by atoms with Crippen molar-refractivity contribution >= 4 is 15.9 Å². The molecule has 0 unspecified atom stereocenters. The van der Waals surface area contributed by atoms with Gasteiger partial charge < -0.3 is 0 Å². The maximum Gasteiger partial charge on any atom is 0.250 e. The summed E-state index contributed by atoms with van der Waals surface area (Å²) in [7, 11) is 0. The Hall–Kier alpha value is -0.550. The number of alkyl halides is 2. The van der Waals surface area contributed by atoms with Crippen molar-refractivity contribution in [1.82, 2.24) is 4.90 Å². The summed E-state index contributed by atoms with van der Waals surface area (Å²) in [5.74, 6) is -2.84. The number of likely N-dealkylation sites (tertiary alicyclic amines) is 1. The van der Waals surface area contributed by atoms with Gasteiger partial charge in [0, 0.05) is 32.5 Å². The third kappa shape index (κ3) is 3.45. The Balaban J connectivity index is 1.95. The second-order valence-electron chi connectivity index (χ2n) is 4.38. The number of benzene rings is 1. The van der Waals surface area contributed by atoms with Crippen molar-refractivity contribution in [1.29, 1.82) is 0 Å². The maximum absolute atomic E-state index is 13.3. The molecule has 94 valence electrons. The number of piperidine rings is 1. The second kappa shape index (κ2) is 4.98. The molecular weight excluding hydrogens is 295 g/mol. The van der Waals surface area contributed by atoms with Gasteiger partial charge in [0.05, 0.1) is 4.47 Å². The first-order chi connectivity index (χ1) is 7.96. The van der Waals surface area contributed by atoms with E-state index in [4.69, 9.17) is 0 Å². The molecule has 1 aromatic carbocycles. The van der Waals surface area contributed by atoms with Gasteiger partial charge in [-0.25, -0.2) is 13.2 Å². The lowest BCUT2D eigenvalue weighted by Crippen LogP contribution is -2.38. The molecule has 1 fully saturated rings. The van der Waals surface area contributed by atoms with E-state index in [1.165, 1.54) is 6.07 Å². The van der Waals surface area contributed by atoms with Crippen molar-refractivity contribution in [3.05, 3.63) is 34.1 Å². The zero-order valence-electron chi connectivity index (χ0n) is 9.23.